The zero-order valence-electron chi connectivity index (χ0n) is 18.7. The van der Waals surface area contributed by atoms with Crippen LogP contribution in [0.15, 0.2) is 0 Å². The van der Waals surface area contributed by atoms with Crippen LogP contribution in [0.5, 0.6) is 0 Å². The van der Waals surface area contributed by atoms with E-state index >= 15 is 0 Å². The maximum Gasteiger partial charge on any atom is 0.469 e. The fourth-order valence-corrected chi connectivity index (χ4v) is 3.30. The van der Waals surface area contributed by atoms with Crippen molar-refractivity contribution in [3.63, 3.8) is 0 Å². The van der Waals surface area contributed by atoms with E-state index in [0.717, 1.165) is 19.3 Å². The van der Waals surface area contributed by atoms with E-state index in [-0.39, 0.29) is 19.4 Å². The van der Waals surface area contributed by atoms with Crippen LogP contribution in [0.4, 0.5) is 0 Å². The Balaban J connectivity index is 3.97. The summed E-state index contributed by atoms with van der Waals surface area (Å²) >= 11 is 0. The van der Waals surface area contributed by atoms with Gasteiger partial charge in [0, 0.05) is 12.8 Å². The molecular formula is C21H41O8P. The van der Waals surface area contributed by atoms with Gasteiger partial charge in [0.1, 0.15) is 6.61 Å². The molecule has 0 spiro atoms. The van der Waals surface area contributed by atoms with Gasteiger partial charge in [0.05, 0.1) is 6.61 Å². The predicted octanol–water partition coefficient (Wildman–Crippen LogP) is 5.05. The largest absolute Gasteiger partial charge is 0.469 e. The molecule has 1 atom stereocenters. The van der Waals surface area contributed by atoms with Crippen LogP contribution in [0.3, 0.4) is 0 Å². The molecule has 2 N–H and O–H groups in total. The second-order valence-electron chi connectivity index (χ2n) is 7.62. The number of carbonyl (C=O) groups is 2. The molecule has 8 nitrogen and oxygen atoms in total. The first kappa shape index (κ1) is 29.1. The van der Waals surface area contributed by atoms with E-state index in [1.54, 1.807) is 0 Å². The average molecular weight is 453 g/mol. The topological polar surface area (TPSA) is 119 Å². The number of unbranched alkanes of at least 4 members (excludes halogenated alkanes) is 10. The molecule has 30 heavy (non-hydrogen) atoms. The fraction of sp³-hybridized carbons (Fsp3) is 0.905. The number of rotatable bonds is 20. The number of phosphoric ester groups is 1. The van der Waals surface area contributed by atoms with E-state index in [0.29, 0.717) is 12.8 Å². The summed E-state index contributed by atoms with van der Waals surface area (Å²) in [7, 11) is -4.70. The van der Waals surface area contributed by atoms with Crippen LogP contribution in [0.2, 0.25) is 0 Å². The molecule has 0 aromatic carbocycles. The smallest absolute Gasteiger partial charge is 0.462 e. The highest BCUT2D eigenvalue weighted by molar-refractivity contribution is 7.46. The lowest BCUT2D eigenvalue weighted by atomic mass is 10.1. The quantitative estimate of drug-likeness (QED) is 0.150. The second-order valence-corrected chi connectivity index (χ2v) is 8.86. The standard InChI is InChI=1S/C21H41O8P/c1-3-5-6-7-8-9-10-11-12-13-14-16-21(23)29-19(18-28-30(24,25)26)17-27-20(22)15-4-2/h19H,3-18H2,1-2H3,(H2,24,25,26). The van der Waals surface area contributed by atoms with Gasteiger partial charge < -0.3 is 19.3 Å². The number of esters is 2. The van der Waals surface area contributed by atoms with Gasteiger partial charge in [-0.3, -0.25) is 14.1 Å². The Morgan fingerprint density at radius 3 is 1.77 bits per heavy atom. The first-order valence-electron chi connectivity index (χ1n) is 11.3. The summed E-state index contributed by atoms with van der Waals surface area (Å²) in [6.07, 6.45) is 12.9. The molecule has 0 aliphatic carbocycles. The van der Waals surface area contributed by atoms with Gasteiger partial charge in [-0.15, -0.1) is 0 Å². The fourth-order valence-electron chi connectivity index (χ4n) is 2.94. The van der Waals surface area contributed by atoms with Gasteiger partial charge in [0.2, 0.25) is 0 Å². The molecule has 0 aliphatic heterocycles. The van der Waals surface area contributed by atoms with Crippen molar-refractivity contribution in [2.24, 2.45) is 0 Å². The van der Waals surface area contributed by atoms with Crippen LogP contribution in [-0.4, -0.2) is 41.0 Å². The molecule has 0 rings (SSSR count). The van der Waals surface area contributed by atoms with E-state index in [1.807, 2.05) is 6.92 Å². The molecule has 178 valence electrons. The van der Waals surface area contributed by atoms with E-state index < -0.39 is 32.5 Å². The molecule has 9 heteroatoms. The van der Waals surface area contributed by atoms with Crippen LogP contribution in [0, 0.1) is 0 Å². The lowest BCUT2D eigenvalue weighted by Gasteiger charge is -2.18. The number of hydrogen-bond acceptors (Lipinski definition) is 6. The van der Waals surface area contributed by atoms with Gasteiger partial charge in [-0.05, 0) is 12.8 Å². The van der Waals surface area contributed by atoms with Gasteiger partial charge in [-0.1, -0.05) is 78.1 Å². The van der Waals surface area contributed by atoms with Crippen LogP contribution < -0.4 is 0 Å². The molecule has 0 fully saturated rings. The molecule has 0 aliphatic rings. The van der Waals surface area contributed by atoms with Crippen LogP contribution in [0.25, 0.3) is 0 Å². The summed E-state index contributed by atoms with van der Waals surface area (Å²) in [4.78, 5) is 41.1. The summed E-state index contributed by atoms with van der Waals surface area (Å²) in [6, 6.07) is 0. The molecule has 0 saturated heterocycles. The van der Waals surface area contributed by atoms with Crippen molar-refractivity contribution >= 4 is 19.8 Å². The molecule has 0 radical (unpaired) electrons. The highest BCUT2D eigenvalue weighted by Crippen LogP contribution is 2.35. The van der Waals surface area contributed by atoms with E-state index in [9.17, 15) is 14.2 Å². The third-order valence-electron chi connectivity index (χ3n) is 4.60. The first-order valence-corrected chi connectivity index (χ1v) is 12.9. The van der Waals surface area contributed by atoms with Gasteiger partial charge in [-0.2, -0.15) is 0 Å². The van der Waals surface area contributed by atoms with Crippen molar-refractivity contribution in [3.8, 4) is 0 Å². The zero-order valence-corrected chi connectivity index (χ0v) is 19.6. The molecule has 0 bridgehead atoms. The van der Waals surface area contributed by atoms with Crippen molar-refractivity contribution in [2.45, 2.75) is 110 Å². The zero-order chi connectivity index (χ0) is 22.7. The van der Waals surface area contributed by atoms with Crippen LogP contribution in [0.1, 0.15) is 104 Å². The molecule has 0 aromatic heterocycles. The van der Waals surface area contributed by atoms with Crippen molar-refractivity contribution in [3.05, 3.63) is 0 Å². The highest BCUT2D eigenvalue weighted by atomic mass is 31.2. The lowest BCUT2D eigenvalue weighted by Crippen LogP contribution is -2.29. The minimum absolute atomic E-state index is 0.215. The Kier molecular flexibility index (Phi) is 18.2. The molecule has 0 heterocycles. The van der Waals surface area contributed by atoms with E-state index in [2.05, 4.69) is 11.4 Å². The third kappa shape index (κ3) is 20.3. The maximum atomic E-state index is 12.0. The summed E-state index contributed by atoms with van der Waals surface area (Å²) < 4.78 is 25.4. The van der Waals surface area contributed by atoms with Crippen molar-refractivity contribution in [2.75, 3.05) is 13.2 Å². The Hall–Kier alpha value is -0.950. The maximum absolute atomic E-state index is 12.0. The van der Waals surface area contributed by atoms with Crippen molar-refractivity contribution in [1.82, 2.24) is 0 Å². The Morgan fingerprint density at radius 2 is 1.27 bits per heavy atom. The lowest BCUT2D eigenvalue weighted by molar-refractivity contribution is -0.161. The summed E-state index contributed by atoms with van der Waals surface area (Å²) in [5.41, 5.74) is 0. The SMILES string of the molecule is CCCCCCCCCCCCCC(=O)OC(COC(=O)CCC)COP(=O)(O)O. The van der Waals surface area contributed by atoms with Gasteiger partial charge in [0.15, 0.2) is 6.10 Å². The first-order chi connectivity index (χ1) is 14.3. The van der Waals surface area contributed by atoms with Crippen LogP contribution >= 0.6 is 7.82 Å². The molecule has 1 unspecified atom stereocenters. The number of ether oxygens (including phenoxy) is 2. The second kappa shape index (κ2) is 18.8. The number of carbonyl (C=O) groups excluding carboxylic acids is 2. The Morgan fingerprint density at radius 1 is 0.733 bits per heavy atom. The van der Waals surface area contributed by atoms with Gasteiger partial charge >= 0.3 is 19.8 Å². The number of phosphoric acid groups is 1. The number of hydrogen-bond donors (Lipinski definition) is 2. The van der Waals surface area contributed by atoms with Crippen molar-refractivity contribution < 1.29 is 37.9 Å². The Labute approximate surface area is 181 Å². The van der Waals surface area contributed by atoms with Gasteiger partial charge in [-0.25, -0.2) is 4.57 Å². The summed E-state index contributed by atoms with van der Waals surface area (Å²) in [6.45, 7) is 3.22. The summed E-state index contributed by atoms with van der Waals surface area (Å²) in [5.74, 6) is -0.947. The normalized spacial score (nSPS) is 12.5. The minimum atomic E-state index is -4.70. The predicted molar refractivity (Wildman–Crippen MR) is 115 cm³/mol. The monoisotopic (exact) mass is 452 g/mol. The van der Waals surface area contributed by atoms with Crippen molar-refractivity contribution in [1.29, 1.82) is 0 Å². The van der Waals surface area contributed by atoms with E-state index in [1.165, 1.54) is 44.9 Å². The van der Waals surface area contributed by atoms with Crippen LogP contribution in [-0.2, 0) is 28.2 Å². The highest BCUT2D eigenvalue weighted by Gasteiger charge is 2.22. The van der Waals surface area contributed by atoms with E-state index in [4.69, 9.17) is 19.3 Å². The average Bonchev–Trinajstić information content (AvgIpc) is 2.67. The molecule has 0 amide bonds. The molecule has 0 aromatic rings. The minimum Gasteiger partial charge on any atom is -0.462 e. The molecular weight excluding hydrogens is 411 g/mol. The third-order valence-corrected chi connectivity index (χ3v) is 5.08. The Bertz CT molecular complexity index is 491. The molecule has 0 saturated carbocycles. The summed E-state index contributed by atoms with van der Waals surface area (Å²) in [5, 5.41) is 0. The van der Waals surface area contributed by atoms with Gasteiger partial charge in [0.25, 0.3) is 0 Å².